The number of nitrogens with one attached hydrogen (secondary N) is 1. The summed E-state index contributed by atoms with van der Waals surface area (Å²) in [5, 5.41) is 2.76. The average Bonchev–Trinajstić information content (AvgIpc) is 2.88. The van der Waals surface area contributed by atoms with Crippen molar-refractivity contribution < 1.29 is 14.3 Å². The van der Waals surface area contributed by atoms with Gasteiger partial charge in [-0.25, -0.2) is 0 Å². The number of likely N-dealkylation sites (N-methyl/N-ethyl adjacent to an activating group) is 1. The first-order chi connectivity index (χ1) is 10.1. The van der Waals surface area contributed by atoms with Crippen LogP contribution in [0.25, 0.3) is 0 Å². The quantitative estimate of drug-likeness (QED) is 0.881. The standard InChI is InChI=1S/C14H20BrN3O3/c1-3-16-13(19)12-9-21-6-5-18(12)14(20)11-7-10(15)8-17(11)4-2/h7-8,12H,3-6,9H2,1-2H3,(H,16,19). The monoisotopic (exact) mass is 357 g/mol. The molecule has 2 amide bonds. The summed E-state index contributed by atoms with van der Waals surface area (Å²) in [4.78, 5) is 26.5. The molecule has 21 heavy (non-hydrogen) atoms. The zero-order valence-corrected chi connectivity index (χ0v) is 13.9. The van der Waals surface area contributed by atoms with Gasteiger partial charge in [-0.05, 0) is 35.8 Å². The molecule has 6 nitrogen and oxygen atoms in total. The summed E-state index contributed by atoms with van der Waals surface area (Å²) in [6, 6.07) is 1.22. The minimum absolute atomic E-state index is 0.137. The second-order valence-corrected chi connectivity index (χ2v) is 5.73. The van der Waals surface area contributed by atoms with Gasteiger partial charge in [0.05, 0.1) is 13.2 Å². The first kappa shape index (κ1) is 16.0. The Labute approximate surface area is 132 Å². The van der Waals surface area contributed by atoms with Crippen LogP contribution in [0.2, 0.25) is 0 Å². The van der Waals surface area contributed by atoms with Gasteiger partial charge in [0.15, 0.2) is 0 Å². The zero-order valence-electron chi connectivity index (χ0n) is 12.3. The first-order valence-corrected chi connectivity index (χ1v) is 7.89. The van der Waals surface area contributed by atoms with Crippen molar-refractivity contribution in [2.24, 2.45) is 0 Å². The van der Waals surface area contributed by atoms with E-state index in [0.29, 0.717) is 31.9 Å². The highest BCUT2D eigenvalue weighted by atomic mass is 79.9. The summed E-state index contributed by atoms with van der Waals surface area (Å²) in [7, 11) is 0. The van der Waals surface area contributed by atoms with E-state index < -0.39 is 6.04 Å². The van der Waals surface area contributed by atoms with Gasteiger partial charge in [0.2, 0.25) is 5.91 Å². The number of amides is 2. The fraction of sp³-hybridized carbons (Fsp3) is 0.571. The van der Waals surface area contributed by atoms with Gasteiger partial charge in [-0.1, -0.05) is 0 Å². The van der Waals surface area contributed by atoms with Crippen LogP contribution in [0.5, 0.6) is 0 Å². The van der Waals surface area contributed by atoms with Gasteiger partial charge in [-0.15, -0.1) is 0 Å². The predicted octanol–water partition coefficient (Wildman–Crippen LogP) is 1.25. The molecule has 1 aromatic heterocycles. The van der Waals surface area contributed by atoms with Crippen LogP contribution in [0.1, 0.15) is 24.3 Å². The highest BCUT2D eigenvalue weighted by Gasteiger charge is 2.34. The van der Waals surface area contributed by atoms with Gasteiger partial charge in [0.25, 0.3) is 5.91 Å². The van der Waals surface area contributed by atoms with Crippen molar-refractivity contribution >= 4 is 27.7 Å². The Morgan fingerprint density at radius 3 is 2.90 bits per heavy atom. The van der Waals surface area contributed by atoms with Crippen molar-refractivity contribution in [1.82, 2.24) is 14.8 Å². The van der Waals surface area contributed by atoms with Crippen molar-refractivity contribution in [3.63, 3.8) is 0 Å². The molecule has 1 N–H and O–H groups in total. The lowest BCUT2D eigenvalue weighted by Crippen LogP contribution is -2.56. The molecule has 2 heterocycles. The van der Waals surface area contributed by atoms with Crippen molar-refractivity contribution in [3.05, 3.63) is 22.4 Å². The molecular formula is C14H20BrN3O3. The molecule has 1 fully saturated rings. The van der Waals surface area contributed by atoms with Crippen LogP contribution >= 0.6 is 15.9 Å². The third-order valence-corrected chi connectivity index (χ3v) is 3.90. The number of ether oxygens (including phenoxy) is 1. The van der Waals surface area contributed by atoms with E-state index in [2.05, 4.69) is 21.2 Å². The lowest BCUT2D eigenvalue weighted by atomic mass is 10.2. The van der Waals surface area contributed by atoms with Crippen molar-refractivity contribution in [1.29, 1.82) is 0 Å². The number of carbonyl (C=O) groups excluding carboxylic acids is 2. The lowest BCUT2D eigenvalue weighted by molar-refractivity contribution is -0.130. The molecule has 7 heteroatoms. The molecule has 1 saturated heterocycles. The molecule has 0 radical (unpaired) electrons. The SMILES string of the molecule is CCNC(=O)C1COCCN1C(=O)c1cc(Br)cn1CC. The molecule has 0 aliphatic carbocycles. The topological polar surface area (TPSA) is 63.6 Å². The molecule has 1 aliphatic heterocycles. The second-order valence-electron chi connectivity index (χ2n) is 4.81. The molecule has 1 atom stereocenters. The lowest BCUT2D eigenvalue weighted by Gasteiger charge is -2.34. The average molecular weight is 358 g/mol. The van der Waals surface area contributed by atoms with Crippen LogP contribution in [0, 0.1) is 0 Å². The third kappa shape index (κ3) is 3.47. The highest BCUT2D eigenvalue weighted by molar-refractivity contribution is 9.10. The van der Waals surface area contributed by atoms with E-state index in [-0.39, 0.29) is 18.4 Å². The number of nitrogens with zero attached hydrogens (tertiary/aromatic N) is 2. The largest absolute Gasteiger partial charge is 0.377 e. The number of morpholine rings is 1. The highest BCUT2D eigenvalue weighted by Crippen LogP contribution is 2.19. The molecule has 116 valence electrons. The maximum absolute atomic E-state index is 12.8. The number of rotatable bonds is 4. The summed E-state index contributed by atoms with van der Waals surface area (Å²) >= 11 is 3.39. The minimum atomic E-state index is -0.565. The smallest absolute Gasteiger partial charge is 0.271 e. The first-order valence-electron chi connectivity index (χ1n) is 7.10. The van der Waals surface area contributed by atoms with E-state index in [1.807, 2.05) is 24.6 Å². The summed E-state index contributed by atoms with van der Waals surface area (Å²) in [6.07, 6.45) is 1.87. The van der Waals surface area contributed by atoms with Gasteiger partial charge < -0.3 is 19.5 Å². The Hall–Kier alpha value is -1.34. The number of halogens is 1. The Balaban J connectivity index is 2.24. The molecule has 0 spiro atoms. The summed E-state index contributed by atoms with van der Waals surface area (Å²) in [6.45, 7) is 6.18. The Morgan fingerprint density at radius 1 is 1.48 bits per heavy atom. The van der Waals surface area contributed by atoms with Gasteiger partial charge >= 0.3 is 0 Å². The molecular weight excluding hydrogens is 338 g/mol. The Kier molecular flexibility index (Phi) is 5.41. The fourth-order valence-corrected chi connectivity index (χ4v) is 2.88. The minimum Gasteiger partial charge on any atom is -0.377 e. The van der Waals surface area contributed by atoms with Crippen LogP contribution in [-0.4, -0.2) is 53.6 Å². The van der Waals surface area contributed by atoms with Crippen LogP contribution in [-0.2, 0) is 16.1 Å². The molecule has 1 aliphatic rings. The van der Waals surface area contributed by atoms with E-state index in [1.54, 1.807) is 11.0 Å². The fourth-order valence-electron chi connectivity index (χ4n) is 2.42. The van der Waals surface area contributed by atoms with E-state index in [4.69, 9.17) is 4.74 Å². The maximum Gasteiger partial charge on any atom is 0.271 e. The van der Waals surface area contributed by atoms with E-state index >= 15 is 0 Å². The maximum atomic E-state index is 12.8. The van der Waals surface area contributed by atoms with Crippen molar-refractivity contribution in [2.75, 3.05) is 26.3 Å². The summed E-state index contributed by atoms with van der Waals surface area (Å²) in [5.41, 5.74) is 0.584. The molecule has 0 bridgehead atoms. The molecule has 0 saturated carbocycles. The van der Waals surface area contributed by atoms with Gasteiger partial charge in [-0.2, -0.15) is 0 Å². The number of hydrogen-bond acceptors (Lipinski definition) is 3. The number of aromatic nitrogens is 1. The van der Waals surface area contributed by atoms with E-state index in [9.17, 15) is 9.59 Å². The summed E-state index contributed by atoms with van der Waals surface area (Å²) < 4.78 is 8.09. The van der Waals surface area contributed by atoms with E-state index in [1.165, 1.54) is 0 Å². The Bertz CT molecular complexity index is 530. The molecule has 1 unspecified atom stereocenters. The van der Waals surface area contributed by atoms with Crippen molar-refractivity contribution in [3.8, 4) is 0 Å². The Morgan fingerprint density at radius 2 is 2.24 bits per heavy atom. The van der Waals surface area contributed by atoms with E-state index in [0.717, 1.165) is 4.47 Å². The predicted molar refractivity (Wildman–Crippen MR) is 82.1 cm³/mol. The van der Waals surface area contributed by atoms with Gasteiger partial charge in [0.1, 0.15) is 11.7 Å². The van der Waals surface area contributed by atoms with Gasteiger partial charge in [-0.3, -0.25) is 9.59 Å². The van der Waals surface area contributed by atoms with Crippen LogP contribution in [0.4, 0.5) is 0 Å². The zero-order chi connectivity index (χ0) is 15.4. The second kappa shape index (κ2) is 7.09. The number of hydrogen-bond donors (Lipinski definition) is 1. The molecule has 2 rings (SSSR count). The van der Waals surface area contributed by atoms with Crippen molar-refractivity contribution in [2.45, 2.75) is 26.4 Å². The van der Waals surface area contributed by atoms with Crippen LogP contribution in [0.3, 0.4) is 0 Å². The van der Waals surface area contributed by atoms with Crippen LogP contribution in [0.15, 0.2) is 16.7 Å². The van der Waals surface area contributed by atoms with Gasteiger partial charge in [0, 0.05) is 30.3 Å². The molecule has 1 aromatic rings. The molecule has 0 aromatic carbocycles. The normalized spacial score (nSPS) is 18.6. The van der Waals surface area contributed by atoms with Crippen LogP contribution < -0.4 is 5.32 Å². The number of aryl methyl sites for hydroxylation is 1. The number of carbonyl (C=O) groups is 2. The summed E-state index contributed by atoms with van der Waals surface area (Å²) in [5.74, 6) is -0.304. The third-order valence-electron chi connectivity index (χ3n) is 3.47.